The third kappa shape index (κ3) is 8.03. The molecule has 0 aliphatic heterocycles. The van der Waals surface area contributed by atoms with E-state index in [0.717, 1.165) is 17.0 Å². The van der Waals surface area contributed by atoms with Crippen molar-refractivity contribution in [1.29, 1.82) is 0 Å². The zero-order chi connectivity index (χ0) is 29.1. The molecule has 0 N–H and O–H groups in total. The van der Waals surface area contributed by atoms with E-state index in [4.69, 9.17) is 4.43 Å². The van der Waals surface area contributed by atoms with Gasteiger partial charge in [-0.25, -0.2) is 27.1 Å². The molecular weight excluding hydrogens is 521 g/mol. The van der Waals surface area contributed by atoms with Gasteiger partial charge in [-0.1, -0.05) is 41.5 Å². The lowest BCUT2D eigenvalue weighted by molar-refractivity contribution is -0.116. The molecule has 0 saturated heterocycles. The molecule has 0 aliphatic carbocycles. The van der Waals surface area contributed by atoms with E-state index in [1.54, 1.807) is 18.2 Å². The van der Waals surface area contributed by atoms with E-state index in [0.29, 0.717) is 22.5 Å². The van der Waals surface area contributed by atoms with Crippen LogP contribution in [0.2, 0.25) is 18.1 Å². The lowest BCUT2D eigenvalue weighted by Gasteiger charge is -2.39. The Balaban J connectivity index is 2.55. The van der Waals surface area contributed by atoms with Gasteiger partial charge in [0.25, 0.3) is 0 Å². The van der Waals surface area contributed by atoms with Gasteiger partial charge in [0.1, 0.15) is 5.82 Å². The number of hydrogen-bond donors (Lipinski definition) is 0. The monoisotopic (exact) mass is 563 g/mol. The Morgan fingerprint density at radius 2 is 1.74 bits per heavy atom. The number of allylic oxidation sites excluding steroid dienone is 1. The predicted octanol–water partition coefficient (Wildman–Crippen LogP) is 6.57. The average molecular weight is 564 g/mol. The Morgan fingerprint density at radius 1 is 1.16 bits per heavy atom. The summed E-state index contributed by atoms with van der Waals surface area (Å²) in [6, 6.07) is 5.78. The van der Waals surface area contributed by atoms with Crippen LogP contribution in [-0.2, 0) is 19.2 Å². The SMILES string of the molecule is CC[C@H](CC(=O)/C=C/c1c(-c2ccc(F)cc2)nc(N(C)S(C)(=O)=O)nc1C(C)C)O[Si](C)(C)C(C)(C)C. The fraction of sp³-hybridized carbons (Fsp3) is 0.536. The van der Waals surface area contributed by atoms with Crippen molar-refractivity contribution in [3.05, 3.63) is 47.4 Å². The minimum absolute atomic E-state index is 0.00724. The fourth-order valence-electron chi connectivity index (χ4n) is 3.53. The van der Waals surface area contributed by atoms with Gasteiger partial charge in [0.05, 0.1) is 23.7 Å². The molecule has 38 heavy (non-hydrogen) atoms. The van der Waals surface area contributed by atoms with Crippen LogP contribution in [0.4, 0.5) is 10.3 Å². The summed E-state index contributed by atoms with van der Waals surface area (Å²) in [5, 5.41) is 0.0355. The minimum atomic E-state index is -3.62. The van der Waals surface area contributed by atoms with Crippen LogP contribution >= 0.6 is 0 Å². The Bertz CT molecular complexity index is 1270. The average Bonchev–Trinajstić information content (AvgIpc) is 2.80. The quantitative estimate of drug-likeness (QED) is 0.227. The van der Waals surface area contributed by atoms with Crippen molar-refractivity contribution in [3.63, 3.8) is 0 Å². The van der Waals surface area contributed by atoms with Gasteiger partial charge < -0.3 is 4.43 Å². The van der Waals surface area contributed by atoms with E-state index in [-0.39, 0.29) is 35.2 Å². The van der Waals surface area contributed by atoms with Gasteiger partial charge in [-0.15, -0.1) is 0 Å². The van der Waals surface area contributed by atoms with Crippen LogP contribution < -0.4 is 4.31 Å². The highest BCUT2D eigenvalue weighted by Crippen LogP contribution is 2.38. The summed E-state index contributed by atoms with van der Waals surface area (Å²) in [6.07, 6.45) is 5.05. The minimum Gasteiger partial charge on any atom is -0.413 e. The first-order chi connectivity index (χ1) is 17.4. The molecule has 0 radical (unpaired) electrons. The third-order valence-electron chi connectivity index (χ3n) is 6.99. The number of hydrogen-bond acceptors (Lipinski definition) is 6. The first-order valence-corrected chi connectivity index (χ1v) is 17.6. The highest BCUT2D eigenvalue weighted by Gasteiger charge is 2.39. The zero-order valence-corrected chi connectivity index (χ0v) is 26.1. The van der Waals surface area contributed by atoms with Crippen molar-refractivity contribution in [2.45, 2.75) is 84.5 Å². The number of nitrogens with zero attached hydrogens (tertiary/aromatic N) is 3. The van der Waals surface area contributed by atoms with Crippen LogP contribution in [0.5, 0.6) is 0 Å². The van der Waals surface area contributed by atoms with Gasteiger partial charge in [-0.2, -0.15) is 0 Å². The van der Waals surface area contributed by atoms with Gasteiger partial charge >= 0.3 is 0 Å². The number of rotatable bonds is 11. The van der Waals surface area contributed by atoms with Gasteiger partial charge in [0.2, 0.25) is 16.0 Å². The van der Waals surface area contributed by atoms with Crippen LogP contribution in [0.3, 0.4) is 0 Å². The number of carbonyl (C=O) groups excluding carboxylic acids is 1. The van der Waals surface area contributed by atoms with E-state index >= 15 is 0 Å². The van der Waals surface area contributed by atoms with E-state index < -0.39 is 24.2 Å². The fourth-order valence-corrected chi connectivity index (χ4v) is 5.34. The van der Waals surface area contributed by atoms with Crippen molar-refractivity contribution < 1.29 is 22.0 Å². The predicted molar refractivity (Wildman–Crippen MR) is 156 cm³/mol. The summed E-state index contributed by atoms with van der Waals surface area (Å²) in [7, 11) is -4.27. The molecule has 210 valence electrons. The summed E-state index contributed by atoms with van der Waals surface area (Å²) < 4.78 is 45.6. The lowest BCUT2D eigenvalue weighted by atomic mass is 9.97. The molecule has 0 unspecified atom stereocenters. The summed E-state index contributed by atoms with van der Waals surface area (Å²) in [4.78, 5) is 22.2. The number of ketones is 1. The number of carbonyl (C=O) groups is 1. The molecule has 0 saturated carbocycles. The smallest absolute Gasteiger partial charge is 0.239 e. The summed E-state index contributed by atoms with van der Waals surface area (Å²) >= 11 is 0. The van der Waals surface area contributed by atoms with Gasteiger partial charge in [0.15, 0.2) is 14.1 Å². The molecule has 0 bridgehead atoms. The van der Waals surface area contributed by atoms with Crippen molar-refractivity contribution >= 4 is 36.1 Å². The topological polar surface area (TPSA) is 89.5 Å². The second-order valence-corrected chi connectivity index (χ2v) is 18.2. The van der Waals surface area contributed by atoms with E-state index in [1.807, 2.05) is 20.8 Å². The zero-order valence-electron chi connectivity index (χ0n) is 24.3. The molecule has 0 aliphatic rings. The maximum Gasteiger partial charge on any atom is 0.239 e. The van der Waals surface area contributed by atoms with Gasteiger partial charge in [-0.3, -0.25) is 4.79 Å². The second-order valence-electron chi connectivity index (χ2n) is 11.5. The molecule has 0 fully saturated rings. The highest BCUT2D eigenvalue weighted by atomic mass is 32.2. The first kappa shape index (κ1) is 31.8. The Kier molecular flexibility index (Phi) is 10.2. The summed E-state index contributed by atoms with van der Waals surface area (Å²) in [5.41, 5.74) is 2.17. The molecular formula is C28H42FN3O4SSi. The molecule has 2 aromatic rings. The van der Waals surface area contributed by atoms with Crippen LogP contribution in [0.25, 0.3) is 17.3 Å². The highest BCUT2D eigenvalue weighted by molar-refractivity contribution is 7.92. The lowest BCUT2D eigenvalue weighted by Crippen LogP contribution is -2.44. The van der Waals surface area contributed by atoms with E-state index in [1.165, 1.54) is 25.3 Å². The van der Waals surface area contributed by atoms with Crippen LogP contribution in [0.15, 0.2) is 30.3 Å². The molecule has 0 amide bonds. The maximum atomic E-state index is 13.7. The van der Waals surface area contributed by atoms with E-state index in [9.17, 15) is 17.6 Å². The number of sulfonamides is 1. The van der Waals surface area contributed by atoms with Crippen molar-refractivity contribution in [1.82, 2.24) is 9.97 Å². The molecule has 0 spiro atoms. The molecule has 1 aromatic carbocycles. The third-order valence-corrected chi connectivity index (χ3v) is 12.7. The van der Waals surface area contributed by atoms with Crippen LogP contribution in [-0.4, -0.2) is 51.9 Å². The van der Waals surface area contributed by atoms with Crippen LogP contribution in [0.1, 0.15) is 71.6 Å². The molecule has 10 heteroatoms. The second kappa shape index (κ2) is 12.2. The molecule has 1 heterocycles. The molecule has 7 nitrogen and oxygen atoms in total. The Hall–Kier alpha value is -2.43. The Labute approximate surface area is 228 Å². The number of aromatic nitrogens is 2. The van der Waals surface area contributed by atoms with Crippen molar-refractivity contribution in [3.8, 4) is 11.3 Å². The van der Waals surface area contributed by atoms with Gasteiger partial charge in [-0.05, 0) is 66.9 Å². The van der Waals surface area contributed by atoms with Crippen LogP contribution in [0, 0.1) is 5.82 Å². The molecule has 1 aromatic heterocycles. The molecule has 2 rings (SSSR count). The van der Waals surface area contributed by atoms with Crippen molar-refractivity contribution in [2.75, 3.05) is 17.6 Å². The van der Waals surface area contributed by atoms with Crippen molar-refractivity contribution in [2.24, 2.45) is 0 Å². The first-order valence-electron chi connectivity index (χ1n) is 12.9. The number of benzene rings is 1. The number of anilines is 1. The standard InChI is InChI=1S/C28H42FN3O4SSi/c1-11-23(36-38(9,10)28(4,5)6)18-22(33)16-17-24-25(19(2)3)30-27(32(7)37(8,34)35)31-26(24)20-12-14-21(29)15-13-20/h12-17,19,23H,11,18H2,1-10H3/b17-16+/t23-/m1/s1. The number of halogens is 1. The van der Waals surface area contributed by atoms with E-state index in [2.05, 4.69) is 43.8 Å². The normalized spacial score (nSPS) is 13.8. The van der Waals surface area contributed by atoms with Gasteiger partial charge in [0, 0.05) is 24.6 Å². The summed E-state index contributed by atoms with van der Waals surface area (Å²) in [6.45, 7) is 16.7. The maximum absolute atomic E-state index is 13.7. The summed E-state index contributed by atoms with van der Waals surface area (Å²) in [5.74, 6) is -0.593. The largest absolute Gasteiger partial charge is 0.413 e. The molecule has 1 atom stereocenters. The Morgan fingerprint density at radius 3 is 2.21 bits per heavy atom.